The van der Waals surface area contributed by atoms with Crippen molar-refractivity contribution in [2.45, 2.75) is 24.0 Å². The second-order valence-electron chi connectivity index (χ2n) is 6.61. The van der Waals surface area contributed by atoms with Crippen LogP contribution in [-0.4, -0.2) is 27.7 Å². The van der Waals surface area contributed by atoms with E-state index in [1.165, 1.54) is 16.0 Å². The van der Waals surface area contributed by atoms with Gasteiger partial charge in [0.05, 0.1) is 22.4 Å². The van der Waals surface area contributed by atoms with E-state index in [1.54, 1.807) is 23.5 Å². The number of hydrogen-bond acceptors (Lipinski definition) is 4. The first-order valence-corrected chi connectivity index (χ1v) is 11.1. The van der Waals surface area contributed by atoms with Crippen LogP contribution in [-0.2, 0) is 4.79 Å². The Morgan fingerprint density at radius 1 is 1.11 bits per heavy atom. The van der Waals surface area contributed by atoms with Crippen molar-refractivity contribution in [2.24, 2.45) is 0 Å². The predicted octanol–water partition coefficient (Wildman–Crippen LogP) is 4.99. The monoisotopic (exact) mass is 395 g/mol. The van der Waals surface area contributed by atoms with Crippen molar-refractivity contribution in [3.05, 3.63) is 70.9 Å². The van der Waals surface area contributed by atoms with Gasteiger partial charge in [-0.05, 0) is 49.9 Å². The minimum Gasteiger partial charge on any atom is -0.310 e. The van der Waals surface area contributed by atoms with Crippen LogP contribution in [0.4, 0.5) is 5.82 Å². The fourth-order valence-corrected chi connectivity index (χ4v) is 4.90. The molecule has 0 radical (unpaired) electrons. The van der Waals surface area contributed by atoms with Crippen LogP contribution < -0.4 is 5.32 Å². The number of aromatic nitrogens is 2. The molecule has 4 rings (SSSR count). The van der Waals surface area contributed by atoms with Gasteiger partial charge in [0.1, 0.15) is 5.82 Å². The van der Waals surface area contributed by atoms with Crippen LogP contribution in [0.3, 0.4) is 0 Å². The van der Waals surface area contributed by atoms with E-state index >= 15 is 0 Å². The standard InChI is InChI=1S/C21H21N3OS2/c1-13-4-8-16(9-5-13)24-21-19(14(2)23-24)20(27-12-18(25)22-21)15-6-10-17(26-3)11-7-15/h4-11,20H,12H2,1-3H3,(H,22,25)/t20-/m0/s1. The van der Waals surface area contributed by atoms with E-state index in [0.29, 0.717) is 5.75 Å². The third-order valence-corrected chi connectivity index (χ3v) is 6.72. The van der Waals surface area contributed by atoms with Gasteiger partial charge in [0, 0.05) is 10.5 Å². The van der Waals surface area contributed by atoms with E-state index in [-0.39, 0.29) is 11.2 Å². The first kappa shape index (κ1) is 18.2. The molecule has 1 amide bonds. The van der Waals surface area contributed by atoms with Crippen LogP contribution in [0.15, 0.2) is 53.4 Å². The highest BCUT2D eigenvalue weighted by atomic mass is 32.2. The van der Waals surface area contributed by atoms with E-state index in [1.807, 2.05) is 23.7 Å². The number of nitrogens with zero attached hydrogens (tertiary/aromatic N) is 2. The summed E-state index contributed by atoms with van der Waals surface area (Å²) in [6.45, 7) is 4.08. The average Bonchev–Trinajstić information content (AvgIpc) is 2.88. The summed E-state index contributed by atoms with van der Waals surface area (Å²) in [4.78, 5) is 13.6. The molecule has 1 aliphatic rings. The number of aryl methyl sites for hydroxylation is 2. The van der Waals surface area contributed by atoms with E-state index < -0.39 is 0 Å². The van der Waals surface area contributed by atoms with E-state index in [9.17, 15) is 4.79 Å². The molecule has 0 saturated heterocycles. The summed E-state index contributed by atoms with van der Waals surface area (Å²) in [6, 6.07) is 16.8. The molecule has 0 unspecified atom stereocenters. The van der Waals surface area contributed by atoms with E-state index in [2.05, 4.69) is 54.9 Å². The van der Waals surface area contributed by atoms with Gasteiger partial charge in [0.15, 0.2) is 0 Å². The van der Waals surface area contributed by atoms with Crippen molar-refractivity contribution >= 4 is 35.2 Å². The lowest BCUT2D eigenvalue weighted by Gasteiger charge is -2.16. The molecule has 2 heterocycles. The number of carbonyl (C=O) groups excluding carboxylic acids is 1. The molecule has 1 N–H and O–H groups in total. The third-order valence-electron chi connectivity index (χ3n) is 4.70. The number of hydrogen-bond donors (Lipinski definition) is 1. The van der Waals surface area contributed by atoms with Crippen LogP contribution in [0.25, 0.3) is 5.69 Å². The van der Waals surface area contributed by atoms with Gasteiger partial charge in [0.25, 0.3) is 0 Å². The Morgan fingerprint density at radius 3 is 2.48 bits per heavy atom. The van der Waals surface area contributed by atoms with Crippen LogP contribution in [0.5, 0.6) is 0 Å². The second-order valence-corrected chi connectivity index (χ2v) is 8.58. The Kier molecular flexibility index (Phi) is 5.02. The Hall–Kier alpha value is -2.18. The zero-order valence-corrected chi connectivity index (χ0v) is 17.2. The highest BCUT2D eigenvalue weighted by Gasteiger charge is 2.30. The predicted molar refractivity (Wildman–Crippen MR) is 114 cm³/mol. The maximum atomic E-state index is 12.4. The van der Waals surface area contributed by atoms with Crippen molar-refractivity contribution in [3.8, 4) is 5.69 Å². The highest BCUT2D eigenvalue weighted by molar-refractivity contribution is 8.00. The molecule has 0 saturated carbocycles. The quantitative estimate of drug-likeness (QED) is 0.635. The molecule has 0 aliphatic carbocycles. The van der Waals surface area contributed by atoms with Crippen molar-refractivity contribution in [2.75, 3.05) is 17.3 Å². The Labute approximate surface area is 167 Å². The van der Waals surface area contributed by atoms with Crippen LogP contribution in [0, 0.1) is 13.8 Å². The summed E-state index contributed by atoms with van der Waals surface area (Å²) >= 11 is 3.38. The first-order valence-electron chi connectivity index (χ1n) is 8.79. The van der Waals surface area contributed by atoms with Crippen LogP contribution >= 0.6 is 23.5 Å². The number of anilines is 1. The van der Waals surface area contributed by atoms with Gasteiger partial charge in [-0.15, -0.1) is 23.5 Å². The topological polar surface area (TPSA) is 46.9 Å². The third kappa shape index (κ3) is 3.51. The zero-order valence-electron chi connectivity index (χ0n) is 15.5. The molecule has 0 bridgehead atoms. The molecule has 1 aliphatic heterocycles. The molecule has 4 nitrogen and oxygen atoms in total. The molecule has 1 atom stereocenters. The largest absolute Gasteiger partial charge is 0.310 e. The SMILES string of the molecule is CSc1ccc([C@@H]2SCC(=O)Nc3c2c(C)nn3-c2ccc(C)cc2)cc1. The smallest absolute Gasteiger partial charge is 0.235 e. The van der Waals surface area contributed by atoms with Gasteiger partial charge >= 0.3 is 0 Å². The Bertz CT molecular complexity index is 978. The van der Waals surface area contributed by atoms with Crippen molar-refractivity contribution in [1.82, 2.24) is 9.78 Å². The van der Waals surface area contributed by atoms with Gasteiger partial charge in [-0.2, -0.15) is 5.10 Å². The van der Waals surface area contributed by atoms with Gasteiger partial charge in [-0.25, -0.2) is 4.68 Å². The Morgan fingerprint density at radius 2 is 1.81 bits per heavy atom. The highest BCUT2D eigenvalue weighted by Crippen LogP contribution is 2.44. The molecular weight excluding hydrogens is 374 g/mol. The summed E-state index contributed by atoms with van der Waals surface area (Å²) in [5.41, 5.74) is 5.37. The summed E-state index contributed by atoms with van der Waals surface area (Å²) in [5, 5.41) is 7.92. The lowest BCUT2D eigenvalue weighted by molar-refractivity contribution is -0.113. The number of nitrogens with one attached hydrogen (secondary N) is 1. The van der Waals surface area contributed by atoms with Crippen LogP contribution in [0.2, 0.25) is 0 Å². The fourth-order valence-electron chi connectivity index (χ4n) is 3.30. The molecule has 138 valence electrons. The molecular formula is C21H21N3OS2. The lowest BCUT2D eigenvalue weighted by atomic mass is 10.0. The van der Waals surface area contributed by atoms with E-state index in [4.69, 9.17) is 5.10 Å². The van der Waals surface area contributed by atoms with Gasteiger partial charge in [0.2, 0.25) is 5.91 Å². The molecule has 27 heavy (non-hydrogen) atoms. The zero-order chi connectivity index (χ0) is 19.0. The maximum absolute atomic E-state index is 12.4. The summed E-state index contributed by atoms with van der Waals surface area (Å²) < 4.78 is 1.86. The maximum Gasteiger partial charge on any atom is 0.235 e. The van der Waals surface area contributed by atoms with Gasteiger partial charge < -0.3 is 5.32 Å². The molecule has 2 aromatic carbocycles. The fraction of sp³-hybridized carbons (Fsp3) is 0.238. The van der Waals surface area contributed by atoms with Gasteiger partial charge in [-0.3, -0.25) is 4.79 Å². The summed E-state index contributed by atoms with van der Waals surface area (Å²) in [6.07, 6.45) is 2.08. The lowest BCUT2D eigenvalue weighted by Crippen LogP contribution is -2.15. The van der Waals surface area contributed by atoms with Crippen LogP contribution in [0.1, 0.15) is 27.6 Å². The average molecular weight is 396 g/mol. The van der Waals surface area contributed by atoms with Crippen molar-refractivity contribution in [1.29, 1.82) is 0 Å². The minimum atomic E-state index is 0.0118. The molecule has 0 spiro atoms. The molecule has 0 fully saturated rings. The second kappa shape index (κ2) is 7.44. The summed E-state index contributed by atoms with van der Waals surface area (Å²) in [5.74, 6) is 1.22. The molecule has 6 heteroatoms. The molecule has 3 aromatic rings. The first-order chi connectivity index (χ1) is 13.1. The minimum absolute atomic E-state index is 0.0118. The number of rotatable bonds is 3. The normalized spacial score (nSPS) is 16.6. The van der Waals surface area contributed by atoms with E-state index in [0.717, 1.165) is 22.8 Å². The summed E-state index contributed by atoms with van der Waals surface area (Å²) in [7, 11) is 0. The number of fused-ring (bicyclic) bond motifs is 1. The number of amides is 1. The van der Waals surface area contributed by atoms with Crippen molar-refractivity contribution in [3.63, 3.8) is 0 Å². The Balaban J connectivity index is 1.84. The van der Waals surface area contributed by atoms with Crippen molar-refractivity contribution < 1.29 is 4.79 Å². The number of benzene rings is 2. The number of thioether (sulfide) groups is 2. The van der Waals surface area contributed by atoms with Gasteiger partial charge in [-0.1, -0.05) is 29.8 Å². The molecule has 1 aromatic heterocycles. The number of carbonyl (C=O) groups is 1.